The number of sulfonamides is 1. The third-order valence-electron chi connectivity index (χ3n) is 6.63. The van der Waals surface area contributed by atoms with Crippen LogP contribution in [0.15, 0.2) is 59.5 Å². The van der Waals surface area contributed by atoms with Crippen molar-refractivity contribution in [2.75, 3.05) is 20.3 Å². The van der Waals surface area contributed by atoms with E-state index in [0.717, 1.165) is 5.56 Å². The number of halogens is 1. The maximum atomic E-state index is 13.2. The number of fused-ring (bicyclic) bond motifs is 1. The second kappa shape index (κ2) is 12.0. The first-order valence-corrected chi connectivity index (χ1v) is 13.8. The molecule has 0 radical (unpaired) electrons. The maximum absolute atomic E-state index is 13.2. The van der Waals surface area contributed by atoms with Crippen molar-refractivity contribution in [2.24, 2.45) is 5.92 Å². The summed E-state index contributed by atoms with van der Waals surface area (Å²) in [6.45, 7) is 2.69. The lowest BCUT2D eigenvalue weighted by Crippen LogP contribution is -2.41. The fraction of sp³-hybridized carbons (Fsp3) is 0.407. The molecule has 3 aromatic rings. The van der Waals surface area contributed by atoms with Crippen LogP contribution in [0.4, 0.5) is 4.39 Å². The van der Waals surface area contributed by atoms with Gasteiger partial charge in [-0.1, -0.05) is 12.1 Å². The summed E-state index contributed by atoms with van der Waals surface area (Å²) in [6.07, 6.45) is 2.31. The molecule has 0 spiro atoms. The average molecular weight is 530 g/mol. The van der Waals surface area contributed by atoms with Gasteiger partial charge in [-0.3, -0.25) is 4.79 Å². The highest BCUT2D eigenvalue weighted by Gasteiger charge is 2.30. The molecule has 37 heavy (non-hydrogen) atoms. The number of nitrogens with zero attached hydrogens (tertiary/aromatic N) is 1. The number of rotatable bonds is 10. The van der Waals surface area contributed by atoms with Gasteiger partial charge >= 0.3 is 0 Å². The van der Waals surface area contributed by atoms with E-state index in [9.17, 15) is 17.6 Å². The molecule has 4 rings (SSSR count). The monoisotopic (exact) mass is 529 g/mol. The van der Waals surface area contributed by atoms with Gasteiger partial charge in [0.2, 0.25) is 21.8 Å². The Hall–Kier alpha value is -3.08. The van der Waals surface area contributed by atoms with Crippen molar-refractivity contribution in [3.05, 3.63) is 66.0 Å². The smallest absolute Gasteiger partial charge is 0.240 e. The van der Waals surface area contributed by atoms with Crippen molar-refractivity contribution in [3.8, 4) is 5.88 Å². The van der Waals surface area contributed by atoms with Gasteiger partial charge in [0.05, 0.1) is 23.1 Å². The first-order chi connectivity index (χ1) is 17.7. The molecule has 2 aromatic carbocycles. The number of amides is 1. The molecule has 1 fully saturated rings. The number of methoxy groups -OCH3 is 1. The molecule has 1 atom stereocenters. The molecule has 1 aromatic heterocycles. The second-order valence-corrected chi connectivity index (χ2v) is 11.0. The first kappa shape index (κ1) is 27.0. The molecule has 1 amide bonds. The van der Waals surface area contributed by atoms with E-state index in [4.69, 9.17) is 9.47 Å². The third-order valence-corrected chi connectivity index (χ3v) is 8.15. The molecule has 10 heteroatoms. The van der Waals surface area contributed by atoms with E-state index in [-0.39, 0.29) is 34.6 Å². The SMILES string of the molecule is COCCOc1ccc2cc(S(=O)(=O)NC3CCC(C(=O)N[C@H](C)c4ccc(F)cc4)CC3)ccc2n1. The minimum atomic E-state index is -3.73. The zero-order valence-electron chi connectivity index (χ0n) is 20.9. The van der Waals surface area contributed by atoms with Crippen molar-refractivity contribution in [1.82, 2.24) is 15.0 Å². The number of hydrogen-bond acceptors (Lipinski definition) is 6. The number of benzene rings is 2. The number of carbonyl (C=O) groups is 1. The first-order valence-electron chi connectivity index (χ1n) is 12.4. The third kappa shape index (κ3) is 7.03. The minimum absolute atomic E-state index is 0.0641. The largest absolute Gasteiger partial charge is 0.475 e. The molecule has 1 aliphatic rings. The summed E-state index contributed by atoms with van der Waals surface area (Å²) >= 11 is 0. The highest BCUT2D eigenvalue weighted by molar-refractivity contribution is 7.89. The van der Waals surface area contributed by atoms with Crippen LogP contribution in [0.2, 0.25) is 0 Å². The predicted octanol–water partition coefficient (Wildman–Crippen LogP) is 4.11. The Morgan fingerprint density at radius 3 is 2.49 bits per heavy atom. The maximum Gasteiger partial charge on any atom is 0.240 e. The number of pyridine rings is 1. The van der Waals surface area contributed by atoms with E-state index >= 15 is 0 Å². The van der Waals surface area contributed by atoms with Gasteiger partial charge in [0.25, 0.3) is 0 Å². The molecule has 0 bridgehead atoms. The number of ether oxygens (including phenoxy) is 2. The van der Waals surface area contributed by atoms with E-state index in [1.807, 2.05) is 6.92 Å². The van der Waals surface area contributed by atoms with Gasteiger partial charge in [0.1, 0.15) is 12.4 Å². The van der Waals surface area contributed by atoms with E-state index in [1.165, 1.54) is 18.2 Å². The van der Waals surface area contributed by atoms with E-state index < -0.39 is 10.0 Å². The van der Waals surface area contributed by atoms with E-state index in [1.54, 1.807) is 43.5 Å². The molecule has 1 saturated carbocycles. The van der Waals surface area contributed by atoms with Crippen LogP contribution >= 0.6 is 0 Å². The normalized spacial score (nSPS) is 18.9. The molecule has 198 valence electrons. The number of nitrogens with one attached hydrogen (secondary N) is 2. The predicted molar refractivity (Wildman–Crippen MR) is 138 cm³/mol. The molecule has 0 aliphatic heterocycles. The van der Waals surface area contributed by atoms with Crippen molar-refractivity contribution >= 4 is 26.8 Å². The molecular formula is C27H32FN3O5S. The molecule has 0 saturated heterocycles. The summed E-state index contributed by atoms with van der Waals surface area (Å²) in [5.41, 5.74) is 1.46. The Bertz CT molecular complexity index is 1330. The molecular weight excluding hydrogens is 497 g/mol. The van der Waals surface area contributed by atoms with E-state index in [0.29, 0.717) is 55.7 Å². The zero-order valence-corrected chi connectivity index (χ0v) is 21.8. The second-order valence-electron chi connectivity index (χ2n) is 9.30. The fourth-order valence-electron chi connectivity index (χ4n) is 4.49. The van der Waals surface area contributed by atoms with Gasteiger partial charge in [0.15, 0.2) is 0 Å². The van der Waals surface area contributed by atoms with Crippen molar-refractivity contribution in [3.63, 3.8) is 0 Å². The van der Waals surface area contributed by atoms with Gasteiger partial charge in [-0.05, 0) is 74.6 Å². The summed E-state index contributed by atoms with van der Waals surface area (Å²) in [5, 5.41) is 3.68. The summed E-state index contributed by atoms with van der Waals surface area (Å²) in [7, 11) is -2.14. The lowest BCUT2D eigenvalue weighted by atomic mass is 9.85. The van der Waals surface area contributed by atoms with Crippen molar-refractivity contribution in [2.45, 2.75) is 49.6 Å². The number of aromatic nitrogens is 1. The van der Waals surface area contributed by atoms with Crippen LogP contribution in [0.5, 0.6) is 5.88 Å². The van der Waals surface area contributed by atoms with E-state index in [2.05, 4.69) is 15.0 Å². The van der Waals surface area contributed by atoms with Gasteiger partial charge < -0.3 is 14.8 Å². The minimum Gasteiger partial charge on any atom is -0.475 e. The van der Waals surface area contributed by atoms with Crippen LogP contribution in [0.1, 0.15) is 44.2 Å². The van der Waals surface area contributed by atoms with Gasteiger partial charge in [-0.15, -0.1) is 0 Å². The summed E-state index contributed by atoms with van der Waals surface area (Å²) in [5.74, 6) is -0.117. The Balaban J connectivity index is 1.31. The van der Waals surface area contributed by atoms with Gasteiger partial charge in [-0.25, -0.2) is 22.5 Å². The number of hydrogen-bond donors (Lipinski definition) is 2. The zero-order chi connectivity index (χ0) is 26.4. The molecule has 1 heterocycles. The van der Waals surface area contributed by atoms with Crippen LogP contribution in [-0.2, 0) is 19.6 Å². The molecule has 8 nitrogen and oxygen atoms in total. The van der Waals surface area contributed by atoms with Crippen LogP contribution in [0.3, 0.4) is 0 Å². The summed E-state index contributed by atoms with van der Waals surface area (Å²) in [4.78, 5) is 17.3. The Morgan fingerprint density at radius 2 is 1.78 bits per heavy atom. The number of carbonyl (C=O) groups excluding carboxylic acids is 1. The standard InChI is InChI=1S/C27H32FN3O5S/c1-18(19-3-8-22(28)9-4-19)29-27(32)20-5-10-23(11-6-20)31-37(33,34)24-12-13-25-21(17-24)7-14-26(30-25)36-16-15-35-2/h3-4,7-9,12-14,17-18,20,23,31H,5-6,10-11,15-16H2,1-2H3,(H,29,32)/t18-,20?,23?/m1/s1. The van der Waals surface area contributed by atoms with Gasteiger partial charge in [0, 0.05) is 30.5 Å². The fourth-order valence-corrected chi connectivity index (χ4v) is 5.83. The molecule has 0 unspecified atom stereocenters. The van der Waals surface area contributed by atoms with Crippen LogP contribution in [0, 0.1) is 11.7 Å². The molecule has 1 aliphatic carbocycles. The van der Waals surface area contributed by atoms with Crippen molar-refractivity contribution in [1.29, 1.82) is 0 Å². The highest BCUT2D eigenvalue weighted by Crippen LogP contribution is 2.27. The average Bonchev–Trinajstić information content (AvgIpc) is 2.89. The Labute approximate surface area is 216 Å². The van der Waals surface area contributed by atoms with Crippen LogP contribution < -0.4 is 14.8 Å². The summed E-state index contributed by atoms with van der Waals surface area (Å²) in [6, 6.07) is 13.9. The lowest BCUT2D eigenvalue weighted by Gasteiger charge is -2.29. The lowest BCUT2D eigenvalue weighted by molar-refractivity contribution is -0.126. The van der Waals surface area contributed by atoms with Crippen LogP contribution in [0.25, 0.3) is 10.9 Å². The summed E-state index contributed by atoms with van der Waals surface area (Å²) < 4.78 is 52.5. The Kier molecular flexibility index (Phi) is 8.73. The van der Waals surface area contributed by atoms with Crippen molar-refractivity contribution < 1.29 is 27.1 Å². The highest BCUT2D eigenvalue weighted by atomic mass is 32.2. The Morgan fingerprint density at radius 1 is 1.05 bits per heavy atom. The molecule has 2 N–H and O–H groups in total. The van der Waals surface area contributed by atoms with Gasteiger partial charge in [-0.2, -0.15) is 0 Å². The van der Waals surface area contributed by atoms with Crippen LogP contribution in [-0.4, -0.2) is 45.7 Å². The topological polar surface area (TPSA) is 107 Å². The quantitative estimate of drug-likeness (QED) is 0.383.